The first-order chi connectivity index (χ1) is 11.8. The molecule has 4 rings (SSSR count). The van der Waals surface area contributed by atoms with E-state index < -0.39 is 0 Å². The van der Waals surface area contributed by atoms with E-state index in [0.29, 0.717) is 10.0 Å². The maximum atomic E-state index is 12.1. The molecule has 2 aromatic heterocycles. The van der Waals surface area contributed by atoms with Gasteiger partial charge in [-0.25, -0.2) is 4.98 Å². The Labute approximate surface area is 160 Å². The lowest BCUT2D eigenvalue weighted by Crippen LogP contribution is -2.30. The highest BCUT2D eigenvalue weighted by molar-refractivity contribution is 7.14. The molecular weight excluding hydrogens is 374 g/mol. The van der Waals surface area contributed by atoms with Crippen LogP contribution < -0.4 is 5.32 Å². The molecule has 25 heavy (non-hydrogen) atoms. The quantitative estimate of drug-likeness (QED) is 0.715. The molecule has 1 aromatic carbocycles. The Balaban J connectivity index is 0.00000182. The van der Waals surface area contributed by atoms with Crippen LogP contribution in [0, 0.1) is 0 Å². The first-order valence-electron chi connectivity index (χ1n) is 7.86. The second-order valence-electron chi connectivity index (χ2n) is 5.80. The summed E-state index contributed by atoms with van der Waals surface area (Å²) in [5, 5.41) is 7.48. The Morgan fingerprint density at radius 1 is 1.16 bits per heavy atom. The van der Waals surface area contributed by atoms with Gasteiger partial charge in [0.1, 0.15) is 0 Å². The van der Waals surface area contributed by atoms with E-state index in [1.54, 1.807) is 0 Å². The Hall–Kier alpha value is -1.73. The average molecular weight is 392 g/mol. The molecule has 1 aliphatic rings. The molecule has 0 fully saturated rings. The summed E-state index contributed by atoms with van der Waals surface area (Å²) in [6.45, 7) is 2.83. The van der Waals surface area contributed by atoms with E-state index in [4.69, 9.17) is 0 Å². The highest BCUT2D eigenvalue weighted by Crippen LogP contribution is 2.23. The minimum absolute atomic E-state index is 0. The molecule has 1 amide bonds. The summed E-state index contributed by atoms with van der Waals surface area (Å²) in [6, 6.07) is 12.3. The molecule has 130 valence electrons. The van der Waals surface area contributed by atoms with Crippen molar-refractivity contribution in [3.8, 4) is 0 Å². The number of nitrogens with zero attached hydrogens (tertiary/aromatic N) is 2. The first-order valence-corrected chi connectivity index (χ1v) is 9.62. The molecule has 0 radical (unpaired) electrons. The van der Waals surface area contributed by atoms with Crippen LogP contribution in [0.1, 0.15) is 26.5 Å². The number of nitrogens with one attached hydrogen (secondary N) is 1. The zero-order valence-electron chi connectivity index (χ0n) is 13.5. The Morgan fingerprint density at radius 3 is 2.80 bits per heavy atom. The molecule has 0 saturated heterocycles. The van der Waals surface area contributed by atoms with Gasteiger partial charge in [-0.05, 0) is 29.0 Å². The van der Waals surface area contributed by atoms with E-state index >= 15 is 0 Å². The van der Waals surface area contributed by atoms with Crippen molar-refractivity contribution in [2.24, 2.45) is 0 Å². The minimum atomic E-state index is -0.0854. The van der Waals surface area contributed by atoms with Crippen molar-refractivity contribution in [1.82, 2.24) is 9.88 Å². The van der Waals surface area contributed by atoms with Crippen LogP contribution in [0.25, 0.3) is 0 Å². The number of halogens is 1. The van der Waals surface area contributed by atoms with Crippen molar-refractivity contribution in [3.63, 3.8) is 0 Å². The predicted octanol–water partition coefficient (Wildman–Crippen LogP) is 4.44. The molecule has 4 nitrogen and oxygen atoms in total. The number of hydrogen-bond donors (Lipinski definition) is 1. The molecule has 3 heterocycles. The Bertz CT molecular complexity index is 848. The number of amides is 1. The van der Waals surface area contributed by atoms with E-state index in [1.165, 1.54) is 33.8 Å². The summed E-state index contributed by atoms with van der Waals surface area (Å²) in [5.41, 5.74) is 3.88. The van der Waals surface area contributed by atoms with Crippen molar-refractivity contribution in [1.29, 1.82) is 0 Å². The van der Waals surface area contributed by atoms with Gasteiger partial charge >= 0.3 is 0 Å². The molecule has 0 saturated carbocycles. The van der Waals surface area contributed by atoms with Crippen molar-refractivity contribution in [2.75, 3.05) is 11.9 Å². The van der Waals surface area contributed by atoms with E-state index in [2.05, 4.69) is 39.5 Å². The summed E-state index contributed by atoms with van der Waals surface area (Å²) in [5.74, 6) is -0.0854. The lowest BCUT2D eigenvalue weighted by Gasteiger charge is -2.27. The number of carbonyl (C=O) groups excluding carboxylic acids is 1. The zero-order valence-corrected chi connectivity index (χ0v) is 15.9. The lowest BCUT2D eigenvalue weighted by molar-refractivity contribution is 0.103. The number of thiazole rings is 1. The van der Waals surface area contributed by atoms with E-state index in [9.17, 15) is 4.79 Å². The van der Waals surface area contributed by atoms with Crippen LogP contribution in [0.5, 0.6) is 0 Å². The molecular formula is C18H18ClN3OS2. The van der Waals surface area contributed by atoms with Crippen LogP contribution in [0.15, 0.2) is 47.2 Å². The average Bonchev–Trinajstić information content (AvgIpc) is 3.27. The van der Waals surface area contributed by atoms with Gasteiger partial charge in [0.05, 0.1) is 10.6 Å². The summed E-state index contributed by atoms with van der Waals surface area (Å²) >= 11 is 2.92. The topological polar surface area (TPSA) is 45.2 Å². The third kappa shape index (κ3) is 4.27. The predicted molar refractivity (Wildman–Crippen MR) is 106 cm³/mol. The summed E-state index contributed by atoms with van der Waals surface area (Å²) in [4.78, 5) is 19.7. The second-order valence-corrected chi connectivity index (χ2v) is 7.61. The van der Waals surface area contributed by atoms with Crippen LogP contribution in [0.2, 0.25) is 0 Å². The van der Waals surface area contributed by atoms with Crippen LogP contribution in [0.3, 0.4) is 0 Å². The highest BCUT2D eigenvalue weighted by Gasteiger charge is 2.17. The summed E-state index contributed by atoms with van der Waals surface area (Å²) in [6.07, 6.45) is 1.09. The molecule has 3 aromatic rings. The number of aromatic nitrogens is 1. The maximum absolute atomic E-state index is 12.1. The number of carbonyl (C=O) groups is 1. The van der Waals surface area contributed by atoms with Gasteiger partial charge in [0.2, 0.25) is 0 Å². The Kier molecular flexibility index (Phi) is 5.86. The highest BCUT2D eigenvalue weighted by atomic mass is 35.5. The Morgan fingerprint density at radius 2 is 2.00 bits per heavy atom. The molecule has 1 aliphatic heterocycles. The van der Waals surface area contributed by atoms with Gasteiger partial charge in [0.15, 0.2) is 5.13 Å². The largest absolute Gasteiger partial charge is 0.297 e. The zero-order chi connectivity index (χ0) is 16.4. The smallest absolute Gasteiger partial charge is 0.267 e. The van der Waals surface area contributed by atoms with Crippen molar-refractivity contribution in [2.45, 2.75) is 19.5 Å². The number of hydrogen-bond acceptors (Lipinski definition) is 5. The third-order valence-corrected chi connectivity index (χ3v) is 5.79. The number of thiophene rings is 1. The molecule has 0 aliphatic carbocycles. The van der Waals surface area contributed by atoms with Crippen molar-refractivity contribution in [3.05, 3.63) is 68.9 Å². The molecule has 0 spiro atoms. The number of anilines is 1. The third-order valence-electron chi connectivity index (χ3n) is 4.11. The normalized spacial score (nSPS) is 13.8. The van der Waals surface area contributed by atoms with Crippen molar-refractivity contribution < 1.29 is 4.79 Å². The molecule has 0 unspecified atom stereocenters. The van der Waals surface area contributed by atoms with Crippen LogP contribution in [0.4, 0.5) is 5.13 Å². The fourth-order valence-corrected chi connectivity index (χ4v) is 4.24. The van der Waals surface area contributed by atoms with E-state index in [-0.39, 0.29) is 18.3 Å². The van der Waals surface area contributed by atoms with E-state index in [1.807, 2.05) is 22.9 Å². The van der Waals surface area contributed by atoms with Gasteiger partial charge < -0.3 is 0 Å². The van der Waals surface area contributed by atoms with Gasteiger partial charge in [0, 0.05) is 25.0 Å². The minimum Gasteiger partial charge on any atom is -0.297 e. The van der Waals surface area contributed by atoms with Gasteiger partial charge in [-0.15, -0.1) is 35.1 Å². The van der Waals surface area contributed by atoms with Gasteiger partial charge in [0.25, 0.3) is 5.91 Å². The number of fused-ring (bicyclic) bond motifs is 1. The molecule has 0 atom stereocenters. The summed E-state index contributed by atoms with van der Waals surface area (Å²) in [7, 11) is 0. The SMILES string of the molecule is Cl.O=C(Nc1nc(CN2CCc3ccccc3C2)cs1)c1cccs1. The van der Waals surface area contributed by atoms with Gasteiger partial charge in [-0.1, -0.05) is 30.3 Å². The van der Waals surface area contributed by atoms with Gasteiger partial charge in [-0.2, -0.15) is 0 Å². The number of benzene rings is 1. The fraction of sp³-hybridized carbons (Fsp3) is 0.222. The lowest BCUT2D eigenvalue weighted by atomic mass is 10.00. The van der Waals surface area contributed by atoms with E-state index in [0.717, 1.165) is 31.7 Å². The molecule has 1 N–H and O–H groups in total. The summed E-state index contributed by atoms with van der Waals surface area (Å²) < 4.78 is 0. The monoisotopic (exact) mass is 391 g/mol. The number of rotatable bonds is 4. The fourth-order valence-electron chi connectivity index (χ4n) is 2.92. The maximum Gasteiger partial charge on any atom is 0.267 e. The van der Waals surface area contributed by atoms with Crippen molar-refractivity contribution >= 4 is 46.1 Å². The first kappa shape index (κ1) is 18.1. The van der Waals surface area contributed by atoms with Crippen LogP contribution in [-0.4, -0.2) is 22.3 Å². The van der Waals surface area contributed by atoms with Crippen LogP contribution >= 0.6 is 35.1 Å². The second kappa shape index (κ2) is 8.10. The molecule has 7 heteroatoms. The standard InChI is InChI=1S/C18H17N3OS2.ClH/c22-17(16-6-3-9-23-16)20-18-19-15(12-24-18)11-21-8-7-13-4-1-2-5-14(13)10-21;/h1-6,9,12H,7-8,10-11H2,(H,19,20,22);1H. The molecule has 0 bridgehead atoms. The van der Waals surface area contributed by atoms with Gasteiger partial charge in [-0.3, -0.25) is 15.0 Å². The van der Waals surface area contributed by atoms with Crippen LogP contribution in [-0.2, 0) is 19.5 Å².